The third kappa shape index (κ3) is 5.30. The average Bonchev–Trinajstić information content (AvgIpc) is 2.65. The molecule has 0 atom stereocenters. The van der Waals surface area contributed by atoms with E-state index in [1.54, 1.807) is 0 Å². The first-order valence-electron chi connectivity index (χ1n) is 7.60. The minimum Gasteiger partial charge on any atom is -0.398 e. The second-order valence-corrected chi connectivity index (χ2v) is 5.43. The number of allylic oxidation sites excluding steroid dienone is 2. The number of hydrogen-bond donors (Lipinski definition) is 3. The number of alkyl halides is 3. The zero-order valence-corrected chi connectivity index (χ0v) is 14.1. The van der Waals surface area contributed by atoms with Crippen LogP contribution in [-0.4, -0.2) is 15.8 Å². The fraction of sp³-hybridized carbons (Fsp3) is 0.0588. The summed E-state index contributed by atoms with van der Waals surface area (Å²) in [5, 5.41) is 13.0. The Labute approximate surface area is 156 Å². The summed E-state index contributed by atoms with van der Waals surface area (Å²) in [6, 6.07) is 6.28. The highest BCUT2D eigenvalue weighted by Crippen LogP contribution is 2.29. The lowest BCUT2D eigenvalue weighted by Crippen LogP contribution is -2.28. The Bertz CT molecular complexity index is 953. The van der Waals surface area contributed by atoms with Crippen LogP contribution in [0, 0.1) is 10.1 Å². The summed E-state index contributed by atoms with van der Waals surface area (Å²) >= 11 is 0. The zero-order valence-electron chi connectivity index (χ0n) is 14.1. The van der Waals surface area contributed by atoms with Gasteiger partial charge >= 0.3 is 6.18 Å². The molecule has 0 bridgehead atoms. The molecule has 1 heterocycles. The topological polar surface area (TPSA) is 137 Å². The summed E-state index contributed by atoms with van der Waals surface area (Å²) in [7, 11) is 0. The normalized spacial score (nSPS) is 12.5. The van der Waals surface area contributed by atoms with Crippen LogP contribution in [0.1, 0.15) is 21.6 Å². The molecule has 0 aliphatic rings. The van der Waals surface area contributed by atoms with Gasteiger partial charge in [-0.2, -0.15) is 13.2 Å². The number of carbonyl (C=O) groups excluding carboxylic acids is 1. The number of carbonyl (C=O) groups is 1. The van der Waals surface area contributed by atoms with Crippen LogP contribution in [0.3, 0.4) is 0 Å². The maximum atomic E-state index is 12.6. The molecule has 0 saturated carbocycles. The molecule has 5 N–H and O–H groups in total. The van der Waals surface area contributed by atoms with Crippen LogP contribution in [0.15, 0.2) is 60.6 Å². The van der Waals surface area contributed by atoms with E-state index in [0.717, 1.165) is 30.5 Å². The van der Waals surface area contributed by atoms with Crippen molar-refractivity contribution in [2.24, 2.45) is 11.5 Å². The highest BCUT2D eigenvalue weighted by molar-refractivity contribution is 5.93. The lowest BCUT2D eigenvalue weighted by Gasteiger charge is -2.08. The minimum atomic E-state index is -4.45. The van der Waals surface area contributed by atoms with Crippen molar-refractivity contribution in [1.82, 2.24) is 10.3 Å². The number of halogens is 3. The number of nitrogens with two attached hydrogens (primary N) is 2. The molecule has 0 saturated heterocycles. The first-order chi connectivity index (χ1) is 13.1. The molecular formula is C17H14F3N5O3. The summed E-state index contributed by atoms with van der Waals surface area (Å²) in [4.78, 5) is 25.8. The number of pyridine rings is 1. The van der Waals surface area contributed by atoms with Crippen LogP contribution < -0.4 is 16.8 Å². The van der Waals surface area contributed by atoms with Crippen molar-refractivity contribution >= 4 is 17.3 Å². The molecule has 1 aromatic carbocycles. The molecule has 0 fully saturated rings. The Morgan fingerprint density at radius 3 is 2.36 bits per heavy atom. The van der Waals surface area contributed by atoms with Gasteiger partial charge in [0, 0.05) is 24.0 Å². The number of benzene rings is 1. The van der Waals surface area contributed by atoms with Crippen LogP contribution in [0.25, 0.3) is 5.70 Å². The van der Waals surface area contributed by atoms with Gasteiger partial charge in [-0.15, -0.1) is 0 Å². The van der Waals surface area contributed by atoms with Gasteiger partial charge < -0.3 is 16.8 Å². The first-order valence-corrected chi connectivity index (χ1v) is 7.60. The van der Waals surface area contributed by atoms with Crippen LogP contribution in [-0.2, 0) is 6.18 Å². The van der Waals surface area contributed by atoms with Gasteiger partial charge in [0.05, 0.1) is 10.5 Å². The van der Waals surface area contributed by atoms with E-state index in [1.807, 2.05) is 0 Å². The van der Waals surface area contributed by atoms with E-state index in [4.69, 9.17) is 11.5 Å². The van der Waals surface area contributed by atoms with Crippen molar-refractivity contribution in [2.75, 3.05) is 0 Å². The van der Waals surface area contributed by atoms with Gasteiger partial charge in [0.25, 0.3) is 11.6 Å². The molecule has 0 radical (unpaired) electrons. The molecule has 1 aromatic heterocycles. The van der Waals surface area contributed by atoms with E-state index in [-0.39, 0.29) is 22.9 Å². The summed E-state index contributed by atoms with van der Waals surface area (Å²) in [6.45, 7) is 0. The van der Waals surface area contributed by atoms with Gasteiger partial charge in [-0.1, -0.05) is 12.1 Å². The van der Waals surface area contributed by atoms with Crippen LogP contribution >= 0.6 is 0 Å². The number of aromatic nitrogens is 1. The van der Waals surface area contributed by atoms with Crippen molar-refractivity contribution in [3.8, 4) is 0 Å². The number of amides is 1. The second kappa shape index (κ2) is 8.20. The van der Waals surface area contributed by atoms with Crippen LogP contribution in [0.2, 0.25) is 0 Å². The molecule has 11 heteroatoms. The third-order valence-electron chi connectivity index (χ3n) is 3.43. The number of rotatable bonds is 5. The summed E-state index contributed by atoms with van der Waals surface area (Å²) in [6.07, 6.45) is -0.830. The summed E-state index contributed by atoms with van der Waals surface area (Å²) in [5.41, 5.74) is 10.5. The zero-order chi connectivity index (χ0) is 20.9. The fourth-order valence-corrected chi connectivity index (χ4v) is 2.02. The molecule has 2 rings (SSSR count). The molecule has 1 amide bonds. The molecule has 0 unspecified atom stereocenters. The van der Waals surface area contributed by atoms with Crippen molar-refractivity contribution < 1.29 is 22.9 Å². The van der Waals surface area contributed by atoms with E-state index < -0.39 is 22.6 Å². The molecule has 0 aliphatic carbocycles. The van der Waals surface area contributed by atoms with Crippen LogP contribution in [0.5, 0.6) is 0 Å². The lowest BCUT2D eigenvalue weighted by molar-refractivity contribution is -0.385. The number of nitrogens with one attached hydrogen (secondary N) is 1. The summed E-state index contributed by atoms with van der Waals surface area (Å²) in [5.74, 6) is -0.924. The van der Waals surface area contributed by atoms with Crippen LogP contribution in [0.4, 0.5) is 18.9 Å². The Morgan fingerprint density at radius 2 is 1.79 bits per heavy atom. The van der Waals surface area contributed by atoms with Crippen molar-refractivity contribution in [2.45, 2.75) is 6.18 Å². The van der Waals surface area contributed by atoms with Gasteiger partial charge in [0.1, 0.15) is 11.5 Å². The van der Waals surface area contributed by atoms with Crippen molar-refractivity contribution in [3.05, 3.63) is 87.5 Å². The van der Waals surface area contributed by atoms with E-state index in [0.29, 0.717) is 5.56 Å². The van der Waals surface area contributed by atoms with E-state index in [9.17, 15) is 28.1 Å². The Hall–Kier alpha value is -3.89. The number of hydrogen-bond acceptors (Lipinski definition) is 6. The first kappa shape index (κ1) is 20.4. The number of nitro groups is 1. The standard InChI is InChI=1S/C17H14F3N5O3/c18-17(19,20)11-3-1-10(2-4-11)13(21)5-6-15(22)24-16(26)14-9-12(25(27)28)7-8-23-14/h1-9H,21-22H2,(H,24,26)/b13-5-,15-6+. The van der Waals surface area contributed by atoms with Gasteiger partial charge in [-0.25, -0.2) is 0 Å². The molecular weight excluding hydrogens is 379 g/mol. The van der Waals surface area contributed by atoms with Gasteiger partial charge in [0.15, 0.2) is 0 Å². The molecule has 2 aromatic rings. The Morgan fingerprint density at radius 1 is 1.14 bits per heavy atom. The third-order valence-corrected chi connectivity index (χ3v) is 3.43. The maximum Gasteiger partial charge on any atom is 0.416 e. The monoisotopic (exact) mass is 393 g/mol. The highest BCUT2D eigenvalue weighted by atomic mass is 19.4. The van der Waals surface area contributed by atoms with Gasteiger partial charge in [-0.3, -0.25) is 19.9 Å². The Balaban J connectivity index is 2.09. The molecule has 8 nitrogen and oxygen atoms in total. The van der Waals surface area contributed by atoms with Crippen molar-refractivity contribution in [3.63, 3.8) is 0 Å². The molecule has 0 spiro atoms. The van der Waals surface area contributed by atoms with Crippen molar-refractivity contribution in [1.29, 1.82) is 0 Å². The van der Waals surface area contributed by atoms with E-state index >= 15 is 0 Å². The van der Waals surface area contributed by atoms with E-state index in [2.05, 4.69) is 10.3 Å². The largest absolute Gasteiger partial charge is 0.416 e. The fourth-order valence-electron chi connectivity index (χ4n) is 2.02. The molecule has 146 valence electrons. The van der Waals surface area contributed by atoms with Gasteiger partial charge in [0.2, 0.25) is 0 Å². The highest BCUT2D eigenvalue weighted by Gasteiger charge is 2.29. The predicted molar refractivity (Wildman–Crippen MR) is 94.2 cm³/mol. The average molecular weight is 393 g/mol. The van der Waals surface area contributed by atoms with E-state index in [1.165, 1.54) is 24.3 Å². The quantitative estimate of drug-likeness (QED) is 0.406. The number of nitrogens with zero attached hydrogens (tertiary/aromatic N) is 2. The second-order valence-electron chi connectivity index (χ2n) is 5.43. The maximum absolute atomic E-state index is 12.6. The predicted octanol–water partition coefficient (Wildman–Crippen LogP) is 2.54. The Kier molecular flexibility index (Phi) is 5.98. The SMILES string of the molecule is N/C(=C\C=C(/N)NC(=O)c1cc([N+](=O)[O-])ccn1)c1ccc(C(F)(F)F)cc1. The smallest absolute Gasteiger partial charge is 0.398 e. The minimum absolute atomic E-state index is 0.111. The lowest BCUT2D eigenvalue weighted by atomic mass is 10.1. The molecule has 0 aliphatic heterocycles. The van der Waals surface area contributed by atoms with Gasteiger partial charge in [-0.05, 0) is 29.8 Å². The summed E-state index contributed by atoms with van der Waals surface area (Å²) < 4.78 is 37.7. The molecule has 28 heavy (non-hydrogen) atoms.